The summed E-state index contributed by atoms with van der Waals surface area (Å²) in [7, 11) is 3.75. The van der Waals surface area contributed by atoms with Crippen LogP contribution >= 0.6 is 0 Å². The minimum atomic E-state index is -0.356. The SMILES string of the molecule is CCC(CC)N(C)c1cc(NC)cc([N+](=O)[O-])c1. The number of rotatable bonds is 6. The summed E-state index contributed by atoms with van der Waals surface area (Å²) in [6, 6.07) is 5.51. The van der Waals surface area contributed by atoms with E-state index in [0.717, 1.165) is 24.2 Å². The molecule has 1 rings (SSSR count). The smallest absolute Gasteiger partial charge is 0.273 e. The Hall–Kier alpha value is -1.78. The molecule has 0 aliphatic rings. The van der Waals surface area contributed by atoms with Crippen molar-refractivity contribution in [2.75, 3.05) is 24.3 Å². The summed E-state index contributed by atoms with van der Waals surface area (Å²) in [5.74, 6) is 0. The topological polar surface area (TPSA) is 58.4 Å². The van der Waals surface area contributed by atoms with Crippen molar-refractivity contribution in [3.05, 3.63) is 28.3 Å². The summed E-state index contributed by atoms with van der Waals surface area (Å²) in [5.41, 5.74) is 1.76. The fraction of sp³-hybridized carbons (Fsp3) is 0.538. The van der Waals surface area contributed by atoms with Crippen LogP contribution in [0.1, 0.15) is 26.7 Å². The number of nitrogens with zero attached hydrogens (tertiary/aromatic N) is 2. The third-order valence-corrected chi connectivity index (χ3v) is 3.30. The molecule has 0 aliphatic heterocycles. The summed E-state index contributed by atoms with van der Waals surface area (Å²) in [5, 5.41) is 13.9. The summed E-state index contributed by atoms with van der Waals surface area (Å²) in [6.45, 7) is 4.25. The highest BCUT2D eigenvalue weighted by Crippen LogP contribution is 2.28. The van der Waals surface area contributed by atoms with Gasteiger partial charge in [-0.1, -0.05) is 13.8 Å². The largest absolute Gasteiger partial charge is 0.388 e. The number of non-ortho nitro benzene ring substituents is 1. The van der Waals surface area contributed by atoms with Gasteiger partial charge in [0.1, 0.15) is 0 Å². The van der Waals surface area contributed by atoms with Crippen molar-refractivity contribution < 1.29 is 4.92 Å². The molecular weight excluding hydrogens is 230 g/mol. The number of nitro groups is 1. The Kier molecular flexibility index (Phi) is 4.95. The molecule has 1 N–H and O–H groups in total. The zero-order valence-corrected chi connectivity index (χ0v) is 11.4. The molecule has 0 aliphatic carbocycles. The first-order valence-corrected chi connectivity index (χ1v) is 6.23. The lowest BCUT2D eigenvalue weighted by atomic mass is 10.1. The van der Waals surface area contributed by atoms with E-state index in [0.29, 0.717) is 6.04 Å². The van der Waals surface area contributed by atoms with Gasteiger partial charge in [0.2, 0.25) is 0 Å². The van der Waals surface area contributed by atoms with E-state index >= 15 is 0 Å². The third-order valence-electron chi connectivity index (χ3n) is 3.30. The monoisotopic (exact) mass is 251 g/mol. The zero-order chi connectivity index (χ0) is 13.7. The normalized spacial score (nSPS) is 10.5. The van der Waals surface area contributed by atoms with Crippen LogP contribution in [0.4, 0.5) is 17.1 Å². The summed E-state index contributed by atoms with van der Waals surface area (Å²) in [4.78, 5) is 12.7. The van der Waals surface area contributed by atoms with Gasteiger partial charge in [-0.25, -0.2) is 0 Å². The van der Waals surface area contributed by atoms with Gasteiger partial charge in [-0.05, 0) is 18.9 Å². The van der Waals surface area contributed by atoms with Crippen molar-refractivity contribution in [3.63, 3.8) is 0 Å². The molecule has 0 heterocycles. The van der Waals surface area contributed by atoms with Crippen LogP contribution in [0, 0.1) is 10.1 Å². The summed E-state index contributed by atoms with van der Waals surface area (Å²) in [6.07, 6.45) is 2.04. The summed E-state index contributed by atoms with van der Waals surface area (Å²) >= 11 is 0. The van der Waals surface area contributed by atoms with Crippen LogP contribution in [-0.2, 0) is 0 Å². The van der Waals surface area contributed by atoms with Crippen LogP contribution in [0.25, 0.3) is 0 Å². The van der Waals surface area contributed by atoms with Gasteiger partial charge in [0.05, 0.1) is 4.92 Å². The first-order chi connectivity index (χ1) is 8.53. The maximum Gasteiger partial charge on any atom is 0.273 e. The van der Waals surface area contributed by atoms with Crippen LogP contribution in [0.15, 0.2) is 18.2 Å². The number of hydrogen-bond acceptors (Lipinski definition) is 4. The van der Waals surface area contributed by atoms with E-state index in [4.69, 9.17) is 0 Å². The molecule has 100 valence electrons. The highest BCUT2D eigenvalue weighted by molar-refractivity contribution is 5.64. The Bertz CT molecular complexity index is 417. The number of benzene rings is 1. The highest BCUT2D eigenvalue weighted by atomic mass is 16.6. The van der Waals surface area contributed by atoms with Crippen molar-refractivity contribution >= 4 is 17.1 Å². The standard InChI is InChI=1S/C13H21N3O2/c1-5-11(6-2)15(4)12-7-10(14-3)8-13(9-12)16(17)18/h7-9,11,14H,5-6H2,1-4H3. The molecule has 18 heavy (non-hydrogen) atoms. The molecule has 0 saturated carbocycles. The summed E-state index contributed by atoms with van der Waals surface area (Å²) < 4.78 is 0. The fourth-order valence-corrected chi connectivity index (χ4v) is 2.10. The lowest BCUT2D eigenvalue weighted by Crippen LogP contribution is -2.30. The minimum Gasteiger partial charge on any atom is -0.388 e. The van der Waals surface area contributed by atoms with E-state index in [1.165, 1.54) is 0 Å². The Morgan fingerprint density at radius 1 is 1.33 bits per heavy atom. The first-order valence-electron chi connectivity index (χ1n) is 6.23. The van der Waals surface area contributed by atoms with Crippen molar-refractivity contribution in [2.45, 2.75) is 32.7 Å². The van der Waals surface area contributed by atoms with E-state index in [1.807, 2.05) is 13.1 Å². The number of hydrogen-bond donors (Lipinski definition) is 1. The molecule has 1 aromatic carbocycles. The molecule has 0 saturated heterocycles. The van der Waals surface area contributed by atoms with Crippen molar-refractivity contribution in [3.8, 4) is 0 Å². The minimum absolute atomic E-state index is 0.120. The molecule has 0 radical (unpaired) electrons. The van der Waals surface area contributed by atoms with Gasteiger partial charge < -0.3 is 10.2 Å². The molecular formula is C13H21N3O2. The second-order valence-electron chi connectivity index (χ2n) is 4.33. The zero-order valence-electron chi connectivity index (χ0n) is 11.4. The van der Waals surface area contributed by atoms with Gasteiger partial charge in [0, 0.05) is 43.6 Å². The van der Waals surface area contributed by atoms with Crippen LogP contribution in [0.2, 0.25) is 0 Å². The van der Waals surface area contributed by atoms with Gasteiger partial charge in [0.15, 0.2) is 0 Å². The third kappa shape index (κ3) is 3.12. The number of nitrogens with one attached hydrogen (secondary N) is 1. The molecule has 0 fully saturated rings. The molecule has 0 bridgehead atoms. The second kappa shape index (κ2) is 6.23. The van der Waals surface area contributed by atoms with Gasteiger partial charge in [-0.3, -0.25) is 10.1 Å². The van der Waals surface area contributed by atoms with E-state index in [-0.39, 0.29) is 10.6 Å². The number of anilines is 2. The Balaban J connectivity index is 3.14. The predicted molar refractivity (Wildman–Crippen MR) is 75.4 cm³/mol. The van der Waals surface area contributed by atoms with Crippen LogP contribution in [0.3, 0.4) is 0 Å². The second-order valence-corrected chi connectivity index (χ2v) is 4.33. The molecule has 0 spiro atoms. The van der Waals surface area contributed by atoms with E-state index in [1.54, 1.807) is 19.2 Å². The van der Waals surface area contributed by atoms with Gasteiger partial charge in [-0.2, -0.15) is 0 Å². The van der Waals surface area contributed by atoms with E-state index in [2.05, 4.69) is 24.1 Å². The van der Waals surface area contributed by atoms with Crippen LogP contribution in [-0.4, -0.2) is 25.1 Å². The molecule has 5 heteroatoms. The molecule has 0 aromatic heterocycles. The van der Waals surface area contributed by atoms with E-state index in [9.17, 15) is 10.1 Å². The molecule has 0 amide bonds. The predicted octanol–water partition coefficient (Wildman–Crippen LogP) is 3.26. The fourth-order valence-electron chi connectivity index (χ4n) is 2.10. The average Bonchev–Trinajstić information content (AvgIpc) is 2.39. The van der Waals surface area contributed by atoms with Crippen LogP contribution in [0.5, 0.6) is 0 Å². The van der Waals surface area contributed by atoms with Gasteiger partial charge in [-0.15, -0.1) is 0 Å². The van der Waals surface area contributed by atoms with Gasteiger partial charge in [0.25, 0.3) is 5.69 Å². The highest BCUT2D eigenvalue weighted by Gasteiger charge is 2.16. The van der Waals surface area contributed by atoms with Crippen LogP contribution < -0.4 is 10.2 Å². The molecule has 0 unspecified atom stereocenters. The lowest BCUT2D eigenvalue weighted by molar-refractivity contribution is -0.384. The van der Waals surface area contributed by atoms with E-state index < -0.39 is 0 Å². The first kappa shape index (κ1) is 14.3. The van der Waals surface area contributed by atoms with Crippen molar-refractivity contribution in [2.24, 2.45) is 0 Å². The van der Waals surface area contributed by atoms with Crippen molar-refractivity contribution in [1.29, 1.82) is 0 Å². The average molecular weight is 251 g/mol. The number of nitro benzene ring substituents is 1. The Labute approximate surface area is 108 Å². The Morgan fingerprint density at radius 3 is 2.39 bits per heavy atom. The Morgan fingerprint density at radius 2 is 1.94 bits per heavy atom. The van der Waals surface area contributed by atoms with Gasteiger partial charge >= 0.3 is 0 Å². The molecule has 5 nitrogen and oxygen atoms in total. The maximum atomic E-state index is 10.9. The quantitative estimate of drug-likeness (QED) is 0.622. The van der Waals surface area contributed by atoms with Crippen molar-refractivity contribution in [1.82, 2.24) is 0 Å². The molecule has 1 aromatic rings. The molecule has 0 atom stereocenters. The lowest BCUT2D eigenvalue weighted by Gasteiger charge is -2.28. The maximum absolute atomic E-state index is 10.9.